The van der Waals surface area contributed by atoms with Crippen molar-refractivity contribution < 1.29 is 5.11 Å². The Morgan fingerprint density at radius 3 is 2.87 bits per heavy atom. The molecule has 3 heteroatoms. The van der Waals surface area contributed by atoms with Gasteiger partial charge in [0.1, 0.15) is 0 Å². The maximum atomic E-state index is 10.1. The van der Waals surface area contributed by atoms with Gasteiger partial charge in [0, 0.05) is 25.8 Å². The lowest BCUT2D eigenvalue weighted by molar-refractivity contribution is 0.159. The average Bonchev–Trinajstić information content (AvgIpc) is 3.15. The molecule has 0 fully saturated rings. The first-order valence-corrected chi connectivity index (χ1v) is 8.49. The Bertz CT molecular complexity index is 727. The van der Waals surface area contributed by atoms with Crippen molar-refractivity contribution in [1.29, 1.82) is 0 Å². The van der Waals surface area contributed by atoms with E-state index in [1.807, 2.05) is 0 Å². The van der Waals surface area contributed by atoms with Crippen LogP contribution in [0.5, 0.6) is 0 Å². The second kappa shape index (κ2) is 5.66. The smallest absolute Gasteiger partial charge is 0.0677 e. The van der Waals surface area contributed by atoms with E-state index in [9.17, 15) is 5.11 Å². The molecule has 0 amide bonds. The van der Waals surface area contributed by atoms with Crippen LogP contribution in [0.25, 0.3) is 0 Å². The van der Waals surface area contributed by atoms with Crippen molar-refractivity contribution in [3.05, 3.63) is 64.7 Å². The Labute approximate surface area is 138 Å². The standard InChI is InChI=1S/C20H24N2O/c1-22-11-9-17-12-15(6-7-19(17)22)13-21-20(14-23)10-8-16-4-2-3-5-18(16)20/h2-7,12,21,23H,8-11,13-14H2,1H3. The second-order valence-corrected chi connectivity index (χ2v) is 6.89. The average molecular weight is 308 g/mol. The first-order chi connectivity index (χ1) is 11.2. The fourth-order valence-electron chi connectivity index (χ4n) is 4.09. The zero-order valence-electron chi connectivity index (χ0n) is 13.7. The van der Waals surface area contributed by atoms with Gasteiger partial charge in [-0.1, -0.05) is 36.4 Å². The summed E-state index contributed by atoms with van der Waals surface area (Å²) in [6.45, 7) is 2.06. The highest BCUT2D eigenvalue weighted by molar-refractivity contribution is 5.58. The Hall–Kier alpha value is -1.84. The highest BCUT2D eigenvalue weighted by atomic mass is 16.3. The molecule has 1 atom stereocenters. The third-order valence-corrected chi connectivity index (χ3v) is 5.53. The number of hydrogen-bond donors (Lipinski definition) is 2. The van der Waals surface area contributed by atoms with E-state index in [1.165, 1.54) is 27.9 Å². The van der Waals surface area contributed by atoms with E-state index in [4.69, 9.17) is 0 Å². The van der Waals surface area contributed by atoms with E-state index in [2.05, 4.69) is 59.7 Å². The summed E-state index contributed by atoms with van der Waals surface area (Å²) < 4.78 is 0. The van der Waals surface area contributed by atoms with Crippen molar-refractivity contribution in [3.8, 4) is 0 Å². The van der Waals surface area contributed by atoms with Crippen LogP contribution in [0, 0.1) is 0 Å². The molecule has 4 rings (SSSR count). The van der Waals surface area contributed by atoms with Gasteiger partial charge in [0.25, 0.3) is 0 Å². The van der Waals surface area contributed by atoms with Crippen LogP contribution >= 0.6 is 0 Å². The van der Waals surface area contributed by atoms with Crippen LogP contribution in [0.4, 0.5) is 5.69 Å². The van der Waals surface area contributed by atoms with E-state index >= 15 is 0 Å². The number of aryl methyl sites for hydroxylation is 1. The summed E-state index contributed by atoms with van der Waals surface area (Å²) in [5.74, 6) is 0. The molecule has 2 aromatic rings. The highest BCUT2D eigenvalue weighted by Crippen LogP contribution is 2.37. The Morgan fingerprint density at radius 2 is 2.00 bits per heavy atom. The number of benzene rings is 2. The summed E-state index contributed by atoms with van der Waals surface area (Å²) >= 11 is 0. The minimum Gasteiger partial charge on any atom is -0.394 e. The Balaban J connectivity index is 1.55. The molecule has 1 heterocycles. The van der Waals surface area contributed by atoms with Gasteiger partial charge in [0.2, 0.25) is 0 Å². The minimum atomic E-state index is -0.285. The largest absolute Gasteiger partial charge is 0.394 e. The van der Waals surface area contributed by atoms with Gasteiger partial charge in [-0.3, -0.25) is 0 Å². The van der Waals surface area contributed by atoms with Gasteiger partial charge in [0.05, 0.1) is 12.1 Å². The maximum absolute atomic E-state index is 10.1. The van der Waals surface area contributed by atoms with Crippen molar-refractivity contribution in [2.24, 2.45) is 0 Å². The topological polar surface area (TPSA) is 35.5 Å². The molecular weight excluding hydrogens is 284 g/mol. The molecule has 0 radical (unpaired) electrons. The number of anilines is 1. The summed E-state index contributed by atoms with van der Waals surface area (Å²) in [6, 6.07) is 15.2. The number of hydrogen-bond acceptors (Lipinski definition) is 3. The molecule has 2 aromatic carbocycles. The summed E-state index contributed by atoms with van der Waals surface area (Å²) in [5.41, 5.74) is 6.45. The van der Waals surface area contributed by atoms with Gasteiger partial charge >= 0.3 is 0 Å². The molecule has 2 N–H and O–H groups in total. The van der Waals surface area contributed by atoms with Crippen molar-refractivity contribution in [2.45, 2.75) is 31.3 Å². The molecule has 0 spiro atoms. The fraction of sp³-hybridized carbons (Fsp3) is 0.400. The predicted octanol–water partition coefficient (Wildman–Crippen LogP) is 2.60. The van der Waals surface area contributed by atoms with Gasteiger partial charge in [-0.15, -0.1) is 0 Å². The predicted molar refractivity (Wildman–Crippen MR) is 93.8 cm³/mol. The quantitative estimate of drug-likeness (QED) is 0.911. The number of aliphatic hydroxyl groups is 1. The van der Waals surface area contributed by atoms with Crippen LogP contribution in [-0.4, -0.2) is 25.3 Å². The highest BCUT2D eigenvalue weighted by Gasteiger charge is 2.37. The van der Waals surface area contributed by atoms with Crippen LogP contribution < -0.4 is 10.2 Å². The van der Waals surface area contributed by atoms with Crippen molar-refractivity contribution in [2.75, 3.05) is 25.1 Å². The SMILES string of the molecule is CN1CCc2cc(CNC3(CO)CCc4ccccc43)ccc21. The molecule has 2 aliphatic rings. The van der Waals surface area contributed by atoms with Crippen LogP contribution in [0.1, 0.15) is 28.7 Å². The number of nitrogens with one attached hydrogen (secondary N) is 1. The van der Waals surface area contributed by atoms with Crippen molar-refractivity contribution in [3.63, 3.8) is 0 Å². The molecule has 0 bridgehead atoms. The lowest BCUT2D eigenvalue weighted by atomic mass is 9.92. The molecule has 0 aromatic heterocycles. The normalized spacial score (nSPS) is 22.3. The summed E-state index contributed by atoms with van der Waals surface area (Å²) in [5, 5.41) is 13.7. The summed E-state index contributed by atoms with van der Waals surface area (Å²) in [4.78, 5) is 2.31. The van der Waals surface area contributed by atoms with Gasteiger partial charge in [-0.25, -0.2) is 0 Å². The molecular formula is C20H24N2O. The lowest BCUT2D eigenvalue weighted by Crippen LogP contribution is -2.43. The van der Waals surface area contributed by atoms with Crippen LogP contribution in [0.15, 0.2) is 42.5 Å². The number of nitrogens with zero attached hydrogens (tertiary/aromatic N) is 1. The molecule has 23 heavy (non-hydrogen) atoms. The van der Waals surface area contributed by atoms with E-state index < -0.39 is 0 Å². The maximum Gasteiger partial charge on any atom is 0.0677 e. The monoisotopic (exact) mass is 308 g/mol. The molecule has 1 aliphatic carbocycles. The van der Waals surface area contributed by atoms with Gasteiger partial charge in [-0.2, -0.15) is 0 Å². The second-order valence-electron chi connectivity index (χ2n) is 6.89. The molecule has 120 valence electrons. The van der Waals surface area contributed by atoms with Crippen molar-refractivity contribution in [1.82, 2.24) is 5.32 Å². The number of fused-ring (bicyclic) bond motifs is 2. The molecule has 0 saturated heterocycles. The molecule has 1 unspecified atom stereocenters. The number of likely N-dealkylation sites (N-methyl/N-ethyl adjacent to an activating group) is 1. The zero-order chi connectivity index (χ0) is 15.9. The van der Waals surface area contributed by atoms with Crippen LogP contribution in [0.2, 0.25) is 0 Å². The fourth-order valence-corrected chi connectivity index (χ4v) is 4.09. The van der Waals surface area contributed by atoms with Crippen LogP contribution in [-0.2, 0) is 24.9 Å². The lowest BCUT2D eigenvalue weighted by Gasteiger charge is -2.30. The van der Waals surface area contributed by atoms with Crippen LogP contribution in [0.3, 0.4) is 0 Å². The summed E-state index contributed by atoms with van der Waals surface area (Å²) in [6.07, 6.45) is 3.14. The zero-order valence-corrected chi connectivity index (χ0v) is 13.7. The van der Waals surface area contributed by atoms with E-state index in [0.717, 1.165) is 32.4 Å². The Morgan fingerprint density at radius 1 is 1.13 bits per heavy atom. The van der Waals surface area contributed by atoms with Gasteiger partial charge < -0.3 is 15.3 Å². The minimum absolute atomic E-state index is 0.150. The molecule has 1 aliphatic heterocycles. The third-order valence-electron chi connectivity index (χ3n) is 5.53. The third kappa shape index (κ3) is 2.44. The molecule has 0 saturated carbocycles. The van der Waals surface area contributed by atoms with E-state index in [0.29, 0.717) is 0 Å². The van der Waals surface area contributed by atoms with E-state index in [1.54, 1.807) is 0 Å². The summed E-state index contributed by atoms with van der Waals surface area (Å²) in [7, 11) is 2.15. The first-order valence-electron chi connectivity index (χ1n) is 8.49. The number of aliphatic hydroxyl groups excluding tert-OH is 1. The number of rotatable bonds is 4. The first kappa shape index (κ1) is 14.7. The Kier molecular flexibility index (Phi) is 3.63. The van der Waals surface area contributed by atoms with Gasteiger partial charge in [-0.05, 0) is 47.6 Å². The molecule has 3 nitrogen and oxygen atoms in total. The van der Waals surface area contributed by atoms with Gasteiger partial charge in [0.15, 0.2) is 0 Å². The van der Waals surface area contributed by atoms with E-state index in [-0.39, 0.29) is 12.1 Å². The van der Waals surface area contributed by atoms with Crippen molar-refractivity contribution >= 4 is 5.69 Å².